The van der Waals surface area contributed by atoms with Gasteiger partial charge < -0.3 is 5.32 Å². The van der Waals surface area contributed by atoms with E-state index in [-0.39, 0.29) is 0 Å². The van der Waals surface area contributed by atoms with Crippen molar-refractivity contribution in [1.29, 1.82) is 0 Å². The molecule has 1 aromatic heterocycles. The molecule has 0 aliphatic carbocycles. The average molecular weight is 195 g/mol. The average Bonchev–Trinajstić information content (AvgIpc) is 2.60. The maximum Gasteiger partial charge on any atom is 0.0624 e. The van der Waals surface area contributed by atoms with Crippen LogP contribution in [0.25, 0.3) is 0 Å². The van der Waals surface area contributed by atoms with Crippen LogP contribution in [0, 0.1) is 0 Å². The minimum absolute atomic E-state index is 0.477. The molecule has 1 atom stereocenters. The van der Waals surface area contributed by atoms with E-state index in [1.807, 2.05) is 7.05 Å². The second-order valence-corrected chi connectivity index (χ2v) is 3.71. The van der Waals surface area contributed by atoms with Gasteiger partial charge in [0.15, 0.2) is 0 Å². The van der Waals surface area contributed by atoms with E-state index >= 15 is 0 Å². The predicted octanol–water partition coefficient (Wildman–Crippen LogP) is 1.62. The summed E-state index contributed by atoms with van der Waals surface area (Å²) in [5.41, 5.74) is 2.54. The highest BCUT2D eigenvalue weighted by atomic mass is 15.3. The molecule has 1 rings (SSSR count). The van der Waals surface area contributed by atoms with Crippen molar-refractivity contribution in [1.82, 2.24) is 15.1 Å². The molecule has 0 fully saturated rings. The Bertz CT molecular complexity index is 278. The van der Waals surface area contributed by atoms with E-state index in [1.165, 1.54) is 11.4 Å². The molecule has 3 nitrogen and oxygen atoms in total. The minimum Gasteiger partial charge on any atom is -0.315 e. The standard InChI is InChI=1S/C11H21N3/c1-5-10-7-11(6-2)14(13-10)8-9(3)12-4/h7,9,12H,5-6,8H2,1-4H3. The number of likely N-dealkylation sites (N-methyl/N-ethyl adjacent to an activating group) is 1. The van der Waals surface area contributed by atoms with Gasteiger partial charge in [-0.05, 0) is 32.9 Å². The van der Waals surface area contributed by atoms with Crippen molar-refractivity contribution in [3.8, 4) is 0 Å². The third-order valence-electron chi connectivity index (χ3n) is 2.58. The third-order valence-corrected chi connectivity index (χ3v) is 2.58. The lowest BCUT2D eigenvalue weighted by Crippen LogP contribution is -2.28. The second kappa shape index (κ2) is 5.15. The first-order chi connectivity index (χ1) is 6.71. The van der Waals surface area contributed by atoms with Crippen molar-refractivity contribution in [2.24, 2.45) is 0 Å². The van der Waals surface area contributed by atoms with Crippen molar-refractivity contribution < 1.29 is 0 Å². The quantitative estimate of drug-likeness (QED) is 0.773. The lowest BCUT2D eigenvalue weighted by molar-refractivity contribution is 0.467. The number of aromatic nitrogens is 2. The first-order valence-electron chi connectivity index (χ1n) is 5.44. The highest BCUT2D eigenvalue weighted by molar-refractivity contribution is 5.10. The van der Waals surface area contributed by atoms with Crippen molar-refractivity contribution >= 4 is 0 Å². The second-order valence-electron chi connectivity index (χ2n) is 3.71. The Morgan fingerprint density at radius 3 is 2.64 bits per heavy atom. The van der Waals surface area contributed by atoms with Crippen LogP contribution >= 0.6 is 0 Å². The summed E-state index contributed by atoms with van der Waals surface area (Å²) in [6.45, 7) is 7.46. The van der Waals surface area contributed by atoms with Crippen LogP contribution in [0.5, 0.6) is 0 Å². The molecule has 0 spiro atoms. The van der Waals surface area contributed by atoms with Gasteiger partial charge in [-0.3, -0.25) is 4.68 Å². The Morgan fingerprint density at radius 2 is 2.14 bits per heavy atom. The maximum absolute atomic E-state index is 4.56. The number of hydrogen-bond acceptors (Lipinski definition) is 2. The smallest absolute Gasteiger partial charge is 0.0624 e. The first-order valence-corrected chi connectivity index (χ1v) is 5.44. The molecule has 80 valence electrons. The summed E-state index contributed by atoms with van der Waals surface area (Å²) in [7, 11) is 1.99. The van der Waals surface area contributed by atoms with E-state index in [4.69, 9.17) is 0 Å². The fourth-order valence-corrected chi connectivity index (χ4v) is 1.48. The lowest BCUT2D eigenvalue weighted by atomic mass is 10.2. The van der Waals surface area contributed by atoms with E-state index in [0.717, 1.165) is 19.4 Å². The molecule has 3 heteroatoms. The molecule has 0 aliphatic heterocycles. The Hall–Kier alpha value is -0.830. The van der Waals surface area contributed by atoms with Crippen molar-refractivity contribution in [3.63, 3.8) is 0 Å². The fourth-order valence-electron chi connectivity index (χ4n) is 1.48. The van der Waals surface area contributed by atoms with Gasteiger partial charge in [-0.25, -0.2) is 0 Å². The van der Waals surface area contributed by atoms with Crippen LogP contribution < -0.4 is 5.32 Å². The van der Waals surface area contributed by atoms with Crippen LogP contribution in [0.3, 0.4) is 0 Å². The number of nitrogens with one attached hydrogen (secondary N) is 1. The Labute approximate surface area is 86.5 Å². The summed E-state index contributed by atoms with van der Waals surface area (Å²) >= 11 is 0. The molecule has 1 heterocycles. The highest BCUT2D eigenvalue weighted by Gasteiger charge is 2.07. The van der Waals surface area contributed by atoms with Gasteiger partial charge in [-0.15, -0.1) is 0 Å². The van der Waals surface area contributed by atoms with Crippen LogP contribution in [-0.4, -0.2) is 22.9 Å². The Morgan fingerprint density at radius 1 is 1.43 bits per heavy atom. The van der Waals surface area contributed by atoms with Gasteiger partial charge in [0, 0.05) is 11.7 Å². The number of hydrogen-bond donors (Lipinski definition) is 1. The molecule has 1 aromatic rings. The number of aryl methyl sites for hydroxylation is 2. The van der Waals surface area contributed by atoms with Gasteiger partial charge in [0.2, 0.25) is 0 Å². The van der Waals surface area contributed by atoms with E-state index in [9.17, 15) is 0 Å². The SMILES string of the molecule is CCc1cc(CC)n(CC(C)NC)n1. The van der Waals surface area contributed by atoms with E-state index in [2.05, 4.69) is 41.9 Å². The minimum atomic E-state index is 0.477. The molecule has 1 N–H and O–H groups in total. The monoisotopic (exact) mass is 195 g/mol. The van der Waals surface area contributed by atoms with Crippen LogP contribution in [0.4, 0.5) is 0 Å². The first kappa shape index (κ1) is 11.2. The van der Waals surface area contributed by atoms with Gasteiger partial charge in [-0.1, -0.05) is 13.8 Å². The van der Waals surface area contributed by atoms with E-state index in [1.54, 1.807) is 0 Å². The fraction of sp³-hybridized carbons (Fsp3) is 0.727. The lowest BCUT2D eigenvalue weighted by Gasteiger charge is -2.12. The molecule has 0 aliphatic rings. The number of nitrogens with zero attached hydrogens (tertiary/aromatic N) is 2. The largest absolute Gasteiger partial charge is 0.315 e. The molecular weight excluding hydrogens is 174 g/mol. The van der Waals surface area contributed by atoms with Gasteiger partial charge >= 0.3 is 0 Å². The molecule has 14 heavy (non-hydrogen) atoms. The van der Waals surface area contributed by atoms with Gasteiger partial charge in [-0.2, -0.15) is 5.10 Å². The number of rotatable bonds is 5. The van der Waals surface area contributed by atoms with Crippen LogP contribution in [0.1, 0.15) is 32.2 Å². The Balaban J connectivity index is 2.78. The van der Waals surface area contributed by atoms with Crippen LogP contribution in [0.15, 0.2) is 6.07 Å². The normalized spacial score (nSPS) is 13.1. The summed E-state index contributed by atoms with van der Waals surface area (Å²) in [5.74, 6) is 0. The molecule has 1 unspecified atom stereocenters. The molecule has 0 aromatic carbocycles. The zero-order valence-electron chi connectivity index (χ0n) is 9.67. The highest BCUT2D eigenvalue weighted by Crippen LogP contribution is 2.06. The summed E-state index contributed by atoms with van der Waals surface area (Å²) in [4.78, 5) is 0. The zero-order chi connectivity index (χ0) is 10.6. The molecule has 0 amide bonds. The maximum atomic E-state index is 4.56. The Kier molecular flexibility index (Phi) is 4.14. The third kappa shape index (κ3) is 2.58. The molecule has 0 radical (unpaired) electrons. The zero-order valence-corrected chi connectivity index (χ0v) is 9.67. The molecular formula is C11H21N3. The summed E-state index contributed by atoms with van der Waals surface area (Å²) in [6, 6.07) is 2.69. The van der Waals surface area contributed by atoms with E-state index < -0.39 is 0 Å². The summed E-state index contributed by atoms with van der Waals surface area (Å²) in [5, 5.41) is 7.80. The topological polar surface area (TPSA) is 29.9 Å². The van der Waals surface area contributed by atoms with Crippen molar-refractivity contribution in [2.45, 2.75) is 46.2 Å². The summed E-state index contributed by atoms with van der Waals surface area (Å²) < 4.78 is 2.12. The molecule has 0 bridgehead atoms. The van der Waals surface area contributed by atoms with Crippen molar-refractivity contribution in [2.75, 3.05) is 7.05 Å². The summed E-state index contributed by atoms with van der Waals surface area (Å²) in [6.07, 6.45) is 2.08. The molecule has 0 saturated carbocycles. The van der Waals surface area contributed by atoms with Crippen molar-refractivity contribution in [3.05, 3.63) is 17.5 Å². The van der Waals surface area contributed by atoms with Gasteiger partial charge in [0.05, 0.1) is 12.2 Å². The van der Waals surface area contributed by atoms with Crippen LogP contribution in [0.2, 0.25) is 0 Å². The van der Waals surface area contributed by atoms with E-state index in [0.29, 0.717) is 6.04 Å². The van der Waals surface area contributed by atoms with Crippen LogP contribution in [-0.2, 0) is 19.4 Å². The van der Waals surface area contributed by atoms with Gasteiger partial charge in [0.25, 0.3) is 0 Å². The molecule has 0 saturated heterocycles. The van der Waals surface area contributed by atoms with Gasteiger partial charge in [0.1, 0.15) is 0 Å². The predicted molar refractivity (Wildman–Crippen MR) is 59.5 cm³/mol.